The molecule has 3 heteroatoms. The van der Waals surface area contributed by atoms with Gasteiger partial charge in [0.15, 0.2) is 0 Å². The van der Waals surface area contributed by atoms with Crippen LogP contribution in [-0.2, 0) is 11.2 Å². The normalized spacial score (nSPS) is 9.55. The number of benzene rings is 1. The van der Waals surface area contributed by atoms with Gasteiger partial charge in [0.05, 0.1) is 6.42 Å². The van der Waals surface area contributed by atoms with Gasteiger partial charge in [-0.25, -0.2) is 0 Å². The van der Waals surface area contributed by atoms with Gasteiger partial charge in [0.2, 0.25) is 5.91 Å². The van der Waals surface area contributed by atoms with E-state index in [0.717, 1.165) is 9.13 Å². The Balaban J connectivity index is 2.79. The second-order valence-electron chi connectivity index (χ2n) is 2.27. The molecule has 1 aromatic rings. The highest BCUT2D eigenvalue weighted by molar-refractivity contribution is 14.1. The zero-order valence-electron chi connectivity index (χ0n) is 5.88. The summed E-state index contributed by atoms with van der Waals surface area (Å²) in [6, 6.07) is 7.74. The third-order valence-electron chi connectivity index (χ3n) is 1.27. The highest BCUT2D eigenvalue weighted by Crippen LogP contribution is 2.07. The smallest absolute Gasteiger partial charge is 0.221 e. The molecule has 0 saturated heterocycles. The van der Waals surface area contributed by atoms with Gasteiger partial charge >= 0.3 is 0 Å². The first-order valence-corrected chi connectivity index (χ1v) is 4.29. The number of carbonyl (C=O) groups is 1. The summed E-state index contributed by atoms with van der Waals surface area (Å²) in [7, 11) is 0. The van der Waals surface area contributed by atoms with Gasteiger partial charge in [0, 0.05) is 3.57 Å². The minimum atomic E-state index is -0.285. The zero-order valence-corrected chi connectivity index (χ0v) is 8.04. The highest BCUT2D eigenvalue weighted by atomic mass is 127. The van der Waals surface area contributed by atoms with Gasteiger partial charge in [-0.3, -0.25) is 4.79 Å². The second-order valence-corrected chi connectivity index (χ2v) is 3.52. The molecule has 0 saturated carbocycles. The van der Waals surface area contributed by atoms with Gasteiger partial charge in [-0.2, -0.15) is 0 Å². The highest BCUT2D eigenvalue weighted by Gasteiger charge is 1.97. The summed E-state index contributed by atoms with van der Waals surface area (Å²) in [5, 5.41) is 0. The molecule has 0 unspecified atom stereocenters. The van der Waals surface area contributed by atoms with Crippen LogP contribution < -0.4 is 5.73 Å². The van der Waals surface area contributed by atoms with E-state index < -0.39 is 0 Å². The molecule has 2 nitrogen and oxygen atoms in total. The molecule has 0 spiro atoms. The Morgan fingerprint density at radius 1 is 1.55 bits per heavy atom. The molecular weight excluding hydrogens is 253 g/mol. The number of amides is 1. The molecule has 0 aromatic heterocycles. The number of hydrogen-bond donors (Lipinski definition) is 1. The summed E-state index contributed by atoms with van der Waals surface area (Å²) >= 11 is 2.20. The molecule has 58 valence electrons. The molecule has 0 bridgehead atoms. The van der Waals surface area contributed by atoms with E-state index in [1.165, 1.54) is 0 Å². The van der Waals surface area contributed by atoms with E-state index in [1.807, 2.05) is 24.3 Å². The third-order valence-corrected chi connectivity index (χ3v) is 1.94. The molecule has 11 heavy (non-hydrogen) atoms. The Kier molecular flexibility index (Phi) is 2.87. The SMILES string of the molecule is NC(=O)Cc1cccc(I)c1. The first-order chi connectivity index (χ1) is 5.18. The van der Waals surface area contributed by atoms with E-state index in [0.29, 0.717) is 6.42 Å². The predicted molar refractivity (Wildman–Crippen MR) is 52.1 cm³/mol. The Bertz CT molecular complexity index is 273. The summed E-state index contributed by atoms with van der Waals surface area (Å²) in [6.07, 6.45) is 0.330. The van der Waals surface area contributed by atoms with Crippen molar-refractivity contribution in [3.63, 3.8) is 0 Å². The molecule has 1 amide bonds. The average molecular weight is 261 g/mol. The van der Waals surface area contributed by atoms with Crippen LogP contribution in [0.3, 0.4) is 0 Å². The van der Waals surface area contributed by atoms with Gasteiger partial charge in [0.1, 0.15) is 0 Å². The number of hydrogen-bond acceptors (Lipinski definition) is 1. The van der Waals surface area contributed by atoms with Crippen LogP contribution in [0.1, 0.15) is 5.56 Å². The first kappa shape index (κ1) is 8.52. The van der Waals surface area contributed by atoms with Crippen molar-refractivity contribution in [2.75, 3.05) is 0 Å². The van der Waals surface area contributed by atoms with Crippen LogP contribution in [0.15, 0.2) is 24.3 Å². The van der Waals surface area contributed by atoms with Crippen LogP contribution in [0.2, 0.25) is 0 Å². The maximum atomic E-state index is 10.5. The maximum Gasteiger partial charge on any atom is 0.221 e. The van der Waals surface area contributed by atoms with Crippen LogP contribution >= 0.6 is 22.6 Å². The molecule has 0 fully saturated rings. The van der Waals surface area contributed by atoms with E-state index in [-0.39, 0.29) is 5.91 Å². The summed E-state index contributed by atoms with van der Waals surface area (Å²) in [5.41, 5.74) is 6.01. The number of halogens is 1. The van der Waals surface area contributed by atoms with Gasteiger partial charge in [0.25, 0.3) is 0 Å². The van der Waals surface area contributed by atoms with Crippen molar-refractivity contribution in [1.29, 1.82) is 0 Å². The van der Waals surface area contributed by atoms with E-state index >= 15 is 0 Å². The molecule has 1 rings (SSSR count). The molecule has 0 radical (unpaired) electrons. The van der Waals surface area contributed by atoms with E-state index in [4.69, 9.17) is 5.73 Å². The molecule has 2 N–H and O–H groups in total. The predicted octanol–water partition coefficient (Wildman–Crippen LogP) is 1.32. The molecule has 0 aliphatic carbocycles. The lowest BCUT2D eigenvalue weighted by atomic mass is 10.1. The Morgan fingerprint density at radius 3 is 2.82 bits per heavy atom. The topological polar surface area (TPSA) is 43.1 Å². The van der Waals surface area contributed by atoms with Crippen LogP contribution in [0.25, 0.3) is 0 Å². The lowest BCUT2D eigenvalue weighted by Gasteiger charge is -1.96. The minimum Gasteiger partial charge on any atom is -0.369 e. The molecule has 0 heterocycles. The minimum absolute atomic E-state index is 0.285. The fourth-order valence-corrected chi connectivity index (χ4v) is 1.46. The lowest BCUT2D eigenvalue weighted by Crippen LogP contribution is -2.13. The van der Waals surface area contributed by atoms with E-state index in [1.54, 1.807) is 0 Å². The third kappa shape index (κ3) is 2.88. The van der Waals surface area contributed by atoms with Crippen molar-refractivity contribution < 1.29 is 4.79 Å². The maximum absolute atomic E-state index is 10.5. The Hall–Kier alpha value is -0.580. The monoisotopic (exact) mass is 261 g/mol. The summed E-state index contributed by atoms with van der Waals surface area (Å²) < 4.78 is 1.13. The van der Waals surface area contributed by atoms with Gasteiger partial charge in [-0.1, -0.05) is 12.1 Å². The standard InChI is InChI=1S/C8H8INO/c9-7-3-1-2-6(4-7)5-8(10)11/h1-4H,5H2,(H2,10,11). The molecular formula is C8H8INO. The van der Waals surface area contributed by atoms with Crippen LogP contribution in [0.4, 0.5) is 0 Å². The second kappa shape index (κ2) is 3.71. The molecule has 0 atom stereocenters. The van der Waals surface area contributed by atoms with Crippen molar-refractivity contribution in [3.05, 3.63) is 33.4 Å². The number of rotatable bonds is 2. The van der Waals surface area contributed by atoms with Crippen LogP contribution in [0, 0.1) is 3.57 Å². The lowest BCUT2D eigenvalue weighted by molar-refractivity contribution is -0.117. The van der Waals surface area contributed by atoms with Crippen molar-refractivity contribution >= 4 is 28.5 Å². The quantitative estimate of drug-likeness (QED) is 0.801. The van der Waals surface area contributed by atoms with Gasteiger partial charge in [-0.05, 0) is 40.3 Å². The fourth-order valence-electron chi connectivity index (χ4n) is 0.848. The van der Waals surface area contributed by atoms with Crippen molar-refractivity contribution in [1.82, 2.24) is 0 Å². The van der Waals surface area contributed by atoms with Crippen molar-refractivity contribution in [3.8, 4) is 0 Å². The Labute approximate surface area is 78.9 Å². The van der Waals surface area contributed by atoms with Crippen LogP contribution in [-0.4, -0.2) is 5.91 Å². The molecule has 1 aromatic carbocycles. The van der Waals surface area contributed by atoms with Gasteiger partial charge < -0.3 is 5.73 Å². The number of carbonyl (C=O) groups excluding carboxylic acids is 1. The Morgan fingerprint density at radius 2 is 2.27 bits per heavy atom. The first-order valence-electron chi connectivity index (χ1n) is 3.21. The van der Waals surface area contributed by atoms with E-state index in [9.17, 15) is 4.79 Å². The van der Waals surface area contributed by atoms with Crippen molar-refractivity contribution in [2.24, 2.45) is 5.73 Å². The fraction of sp³-hybridized carbons (Fsp3) is 0.125. The molecule has 0 aliphatic heterocycles. The summed E-state index contributed by atoms with van der Waals surface area (Å²) in [6.45, 7) is 0. The van der Waals surface area contributed by atoms with Crippen LogP contribution in [0.5, 0.6) is 0 Å². The summed E-state index contributed by atoms with van der Waals surface area (Å²) in [5.74, 6) is -0.285. The summed E-state index contributed by atoms with van der Waals surface area (Å²) in [4.78, 5) is 10.5. The van der Waals surface area contributed by atoms with Gasteiger partial charge in [-0.15, -0.1) is 0 Å². The largest absolute Gasteiger partial charge is 0.369 e. The number of nitrogens with two attached hydrogens (primary N) is 1. The van der Waals surface area contributed by atoms with E-state index in [2.05, 4.69) is 22.6 Å². The average Bonchev–Trinajstić information content (AvgIpc) is 1.85. The number of primary amides is 1. The zero-order chi connectivity index (χ0) is 8.27. The van der Waals surface area contributed by atoms with Crippen molar-refractivity contribution in [2.45, 2.75) is 6.42 Å². The molecule has 0 aliphatic rings.